The van der Waals surface area contributed by atoms with Crippen molar-refractivity contribution in [2.24, 2.45) is 0 Å². The Labute approximate surface area is 160 Å². The summed E-state index contributed by atoms with van der Waals surface area (Å²) >= 11 is 0. The number of anilines is 2. The standard InChI is InChI=1S/C19H17F2N3O3S/c20-14-8-15(21)10-16(9-14)24-28(26,27)17-6-7-19(22-11-17)23-18(12-25)13-4-2-1-3-5-13/h1-11,18,24-25H,12H2,(H,22,23). The molecule has 3 aromatic rings. The molecule has 0 spiro atoms. The Morgan fingerprint density at radius 3 is 2.25 bits per heavy atom. The van der Waals surface area contributed by atoms with Gasteiger partial charge in [0.05, 0.1) is 18.3 Å². The van der Waals surface area contributed by atoms with E-state index in [1.807, 2.05) is 30.3 Å². The fourth-order valence-electron chi connectivity index (χ4n) is 2.55. The minimum Gasteiger partial charge on any atom is -0.394 e. The number of benzene rings is 2. The fourth-order valence-corrected chi connectivity index (χ4v) is 3.53. The van der Waals surface area contributed by atoms with E-state index >= 15 is 0 Å². The number of sulfonamides is 1. The van der Waals surface area contributed by atoms with Crippen LogP contribution in [0.2, 0.25) is 0 Å². The highest BCUT2D eigenvalue weighted by Crippen LogP contribution is 2.21. The smallest absolute Gasteiger partial charge is 0.263 e. The van der Waals surface area contributed by atoms with E-state index in [0.29, 0.717) is 11.9 Å². The van der Waals surface area contributed by atoms with Gasteiger partial charge in [0, 0.05) is 12.3 Å². The number of aromatic nitrogens is 1. The molecule has 6 nitrogen and oxygen atoms in total. The first-order valence-electron chi connectivity index (χ1n) is 8.25. The quantitative estimate of drug-likeness (QED) is 0.561. The van der Waals surface area contributed by atoms with Crippen LogP contribution in [-0.2, 0) is 10.0 Å². The molecule has 1 atom stereocenters. The van der Waals surface area contributed by atoms with Gasteiger partial charge in [-0.3, -0.25) is 4.72 Å². The maximum absolute atomic E-state index is 13.2. The summed E-state index contributed by atoms with van der Waals surface area (Å²) in [6, 6.07) is 13.9. The molecule has 2 aromatic carbocycles. The van der Waals surface area contributed by atoms with Crippen molar-refractivity contribution in [2.75, 3.05) is 16.6 Å². The SMILES string of the molecule is O=S(=O)(Nc1cc(F)cc(F)c1)c1ccc(NC(CO)c2ccccc2)nc1. The Kier molecular flexibility index (Phi) is 5.86. The van der Waals surface area contributed by atoms with Gasteiger partial charge in [0.15, 0.2) is 0 Å². The van der Waals surface area contributed by atoms with Crippen molar-refractivity contribution in [3.63, 3.8) is 0 Å². The van der Waals surface area contributed by atoms with Crippen molar-refractivity contribution < 1.29 is 22.3 Å². The lowest BCUT2D eigenvalue weighted by Crippen LogP contribution is -2.16. The molecule has 0 aliphatic heterocycles. The average molecular weight is 405 g/mol. The van der Waals surface area contributed by atoms with Crippen LogP contribution in [0.1, 0.15) is 11.6 Å². The minimum absolute atomic E-state index is 0.178. The molecule has 146 valence electrons. The van der Waals surface area contributed by atoms with E-state index in [0.717, 1.165) is 23.9 Å². The second-order valence-electron chi connectivity index (χ2n) is 5.93. The van der Waals surface area contributed by atoms with Gasteiger partial charge < -0.3 is 10.4 Å². The summed E-state index contributed by atoms with van der Waals surface area (Å²) in [6.07, 6.45) is 1.11. The van der Waals surface area contributed by atoms with Gasteiger partial charge in [0.2, 0.25) is 0 Å². The van der Waals surface area contributed by atoms with Gasteiger partial charge in [0.1, 0.15) is 22.3 Å². The highest BCUT2D eigenvalue weighted by atomic mass is 32.2. The fraction of sp³-hybridized carbons (Fsp3) is 0.105. The van der Waals surface area contributed by atoms with Crippen molar-refractivity contribution in [1.82, 2.24) is 4.98 Å². The third-order valence-corrected chi connectivity index (χ3v) is 5.23. The number of halogens is 2. The molecular formula is C19H17F2N3O3S. The molecule has 0 saturated heterocycles. The van der Waals surface area contributed by atoms with Crippen LogP contribution in [0.3, 0.4) is 0 Å². The predicted molar refractivity (Wildman–Crippen MR) is 101 cm³/mol. The van der Waals surface area contributed by atoms with Crippen LogP contribution in [-0.4, -0.2) is 25.1 Å². The van der Waals surface area contributed by atoms with Crippen LogP contribution < -0.4 is 10.0 Å². The molecule has 0 bridgehead atoms. The monoisotopic (exact) mass is 405 g/mol. The Morgan fingerprint density at radius 2 is 1.68 bits per heavy atom. The van der Waals surface area contributed by atoms with Crippen molar-refractivity contribution in [3.8, 4) is 0 Å². The molecule has 0 radical (unpaired) electrons. The minimum atomic E-state index is -4.07. The number of aliphatic hydroxyl groups excluding tert-OH is 1. The molecule has 1 unspecified atom stereocenters. The molecule has 9 heteroatoms. The number of nitrogens with one attached hydrogen (secondary N) is 2. The maximum atomic E-state index is 13.2. The van der Waals surface area contributed by atoms with Crippen LogP contribution in [0, 0.1) is 11.6 Å². The van der Waals surface area contributed by atoms with Crippen molar-refractivity contribution in [2.45, 2.75) is 10.9 Å². The zero-order valence-corrected chi connectivity index (χ0v) is 15.3. The van der Waals surface area contributed by atoms with Gasteiger partial charge >= 0.3 is 0 Å². The zero-order chi connectivity index (χ0) is 20.1. The average Bonchev–Trinajstić information content (AvgIpc) is 2.66. The Bertz CT molecular complexity index is 1030. The Balaban J connectivity index is 1.75. The second kappa shape index (κ2) is 8.32. The largest absolute Gasteiger partial charge is 0.394 e. The first-order chi connectivity index (χ1) is 13.4. The highest BCUT2D eigenvalue weighted by molar-refractivity contribution is 7.92. The normalized spacial score (nSPS) is 12.4. The number of aliphatic hydroxyl groups is 1. The molecule has 1 heterocycles. The lowest BCUT2D eigenvalue weighted by Gasteiger charge is -2.17. The van der Waals surface area contributed by atoms with E-state index in [1.54, 1.807) is 0 Å². The van der Waals surface area contributed by atoms with Gasteiger partial charge in [-0.2, -0.15) is 0 Å². The number of hydrogen-bond acceptors (Lipinski definition) is 5. The van der Waals surface area contributed by atoms with Gasteiger partial charge in [-0.15, -0.1) is 0 Å². The molecule has 1 aromatic heterocycles. The van der Waals surface area contributed by atoms with Crippen LogP contribution in [0.5, 0.6) is 0 Å². The summed E-state index contributed by atoms with van der Waals surface area (Å²) < 4.78 is 53.3. The molecule has 0 amide bonds. The zero-order valence-electron chi connectivity index (χ0n) is 14.5. The Morgan fingerprint density at radius 1 is 1.00 bits per heavy atom. The number of hydrogen-bond donors (Lipinski definition) is 3. The molecular weight excluding hydrogens is 388 g/mol. The van der Waals surface area contributed by atoms with Crippen molar-refractivity contribution in [1.29, 1.82) is 0 Å². The highest BCUT2D eigenvalue weighted by Gasteiger charge is 2.17. The molecule has 0 aliphatic rings. The molecule has 0 aliphatic carbocycles. The van der Waals surface area contributed by atoms with E-state index in [2.05, 4.69) is 15.0 Å². The van der Waals surface area contributed by atoms with Gasteiger partial charge in [-0.1, -0.05) is 30.3 Å². The maximum Gasteiger partial charge on any atom is 0.263 e. The lowest BCUT2D eigenvalue weighted by molar-refractivity contribution is 0.276. The molecule has 3 N–H and O–H groups in total. The second-order valence-corrected chi connectivity index (χ2v) is 7.62. The van der Waals surface area contributed by atoms with E-state index < -0.39 is 27.7 Å². The first-order valence-corrected chi connectivity index (χ1v) is 9.73. The molecule has 28 heavy (non-hydrogen) atoms. The Hall–Kier alpha value is -3.04. The summed E-state index contributed by atoms with van der Waals surface area (Å²) in [5.41, 5.74) is 0.613. The number of rotatable bonds is 7. The number of nitrogens with zero attached hydrogens (tertiary/aromatic N) is 1. The van der Waals surface area contributed by atoms with Crippen LogP contribution in [0.25, 0.3) is 0 Å². The summed E-state index contributed by atoms with van der Waals surface area (Å²) in [6.45, 7) is -0.182. The van der Waals surface area contributed by atoms with Gasteiger partial charge in [0.25, 0.3) is 10.0 Å². The summed E-state index contributed by atoms with van der Waals surface area (Å²) in [5.74, 6) is -1.43. The van der Waals surface area contributed by atoms with Crippen LogP contribution >= 0.6 is 0 Å². The lowest BCUT2D eigenvalue weighted by atomic mass is 10.1. The molecule has 0 saturated carbocycles. The van der Waals surface area contributed by atoms with Crippen LogP contribution in [0.4, 0.5) is 20.3 Å². The van der Waals surface area contributed by atoms with E-state index in [9.17, 15) is 22.3 Å². The van der Waals surface area contributed by atoms with E-state index in [1.165, 1.54) is 12.1 Å². The summed E-state index contributed by atoms with van der Waals surface area (Å²) in [5, 5.41) is 12.6. The summed E-state index contributed by atoms with van der Waals surface area (Å²) in [7, 11) is -4.07. The van der Waals surface area contributed by atoms with Gasteiger partial charge in [-0.25, -0.2) is 22.2 Å². The predicted octanol–water partition coefficient (Wildman–Crippen LogP) is 3.31. The third-order valence-electron chi connectivity index (χ3n) is 3.87. The number of pyridine rings is 1. The van der Waals surface area contributed by atoms with Gasteiger partial charge in [-0.05, 0) is 29.8 Å². The topological polar surface area (TPSA) is 91.3 Å². The van der Waals surface area contributed by atoms with E-state index in [4.69, 9.17) is 0 Å². The van der Waals surface area contributed by atoms with Crippen molar-refractivity contribution in [3.05, 3.63) is 84.1 Å². The summed E-state index contributed by atoms with van der Waals surface area (Å²) in [4.78, 5) is 3.87. The molecule has 3 rings (SSSR count). The van der Waals surface area contributed by atoms with Crippen molar-refractivity contribution >= 4 is 21.5 Å². The van der Waals surface area contributed by atoms with E-state index in [-0.39, 0.29) is 17.2 Å². The molecule has 0 fully saturated rings. The van der Waals surface area contributed by atoms with Crippen LogP contribution in [0.15, 0.2) is 71.8 Å². The first kappa shape index (κ1) is 19.7. The third kappa shape index (κ3) is 4.81.